The summed E-state index contributed by atoms with van der Waals surface area (Å²) in [6.07, 6.45) is 24.1. The molecule has 0 saturated heterocycles. The molecule has 0 aromatic rings. The topological polar surface area (TPSA) is 46.5 Å². The first-order valence-electron chi connectivity index (χ1n) is 13.0. The van der Waals surface area contributed by atoms with E-state index in [0.29, 0.717) is 6.42 Å². The van der Waals surface area contributed by atoms with Gasteiger partial charge < -0.3 is 9.84 Å². The van der Waals surface area contributed by atoms with Gasteiger partial charge in [0.25, 0.3) is 0 Å². The second-order valence-corrected chi connectivity index (χ2v) is 8.87. The Morgan fingerprint density at radius 1 is 0.621 bits per heavy atom. The number of hydrogen-bond acceptors (Lipinski definition) is 2. The minimum Gasteiger partial charge on any atom is -0.479 e. The third-order valence-corrected chi connectivity index (χ3v) is 6.04. The largest absolute Gasteiger partial charge is 0.479 e. The van der Waals surface area contributed by atoms with E-state index in [1.54, 1.807) is 0 Å². The van der Waals surface area contributed by atoms with Gasteiger partial charge >= 0.3 is 5.97 Å². The van der Waals surface area contributed by atoms with Crippen molar-refractivity contribution in [2.75, 3.05) is 0 Å². The highest BCUT2D eigenvalue weighted by atomic mass is 16.5. The van der Waals surface area contributed by atoms with E-state index < -0.39 is 12.1 Å². The smallest absolute Gasteiger partial charge is 0.332 e. The zero-order valence-corrected chi connectivity index (χ0v) is 20.1. The number of aliphatic carboxylic acids is 1. The van der Waals surface area contributed by atoms with Crippen LogP contribution in [0.5, 0.6) is 0 Å². The summed E-state index contributed by atoms with van der Waals surface area (Å²) in [5.41, 5.74) is 0. The van der Waals surface area contributed by atoms with Gasteiger partial charge in [-0.2, -0.15) is 0 Å². The standard InChI is InChI=1S/C26H52O3/c1-4-7-9-10-11-12-13-14-15-16-17-18-19-21-23-25(26(27)28)29-24(6-3)22-20-8-5-2/h24-25H,4-23H2,1-3H3,(H,27,28). The van der Waals surface area contributed by atoms with E-state index in [9.17, 15) is 9.90 Å². The number of ether oxygens (including phenoxy) is 1. The van der Waals surface area contributed by atoms with Crippen molar-refractivity contribution in [1.29, 1.82) is 0 Å². The number of hydrogen-bond donors (Lipinski definition) is 1. The SMILES string of the molecule is CCCCCCCCCCCCCCCCC(OC(CC)CCCCC)C(=O)O. The van der Waals surface area contributed by atoms with Crippen LogP contribution < -0.4 is 0 Å². The maximum Gasteiger partial charge on any atom is 0.332 e. The lowest BCUT2D eigenvalue weighted by Crippen LogP contribution is -2.29. The highest BCUT2D eigenvalue weighted by Crippen LogP contribution is 2.17. The Bertz CT molecular complexity index is 343. The number of unbranched alkanes of at least 4 members (excludes halogenated alkanes) is 15. The van der Waals surface area contributed by atoms with Gasteiger partial charge in [0.15, 0.2) is 6.10 Å². The summed E-state index contributed by atoms with van der Waals surface area (Å²) in [6, 6.07) is 0. The Labute approximate surface area is 182 Å². The van der Waals surface area contributed by atoms with Crippen molar-refractivity contribution < 1.29 is 14.6 Å². The van der Waals surface area contributed by atoms with Gasteiger partial charge in [-0.25, -0.2) is 4.79 Å². The van der Waals surface area contributed by atoms with Crippen molar-refractivity contribution in [1.82, 2.24) is 0 Å². The fourth-order valence-electron chi connectivity index (χ4n) is 4.00. The van der Waals surface area contributed by atoms with Gasteiger partial charge in [-0.05, 0) is 19.3 Å². The lowest BCUT2D eigenvalue weighted by Gasteiger charge is -2.21. The Balaban J connectivity index is 3.61. The first-order valence-corrected chi connectivity index (χ1v) is 13.0. The van der Waals surface area contributed by atoms with Crippen LogP contribution in [-0.2, 0) is 9.53 Å². The zero-order valence-electron chi connectivity index (χ0n) is 20.1. The Morgan fingerprint density at radius 3 is 1.41 bits per heavy atom. The van der Waals surface area contributed by atoms with E-state index in [1.165, 1.54) is 89.9 Å². The van der Waals surface area contributed by atoms with E-state index >= 15 is 0 Å². The maximum absolute atomic E-state index is 11.5. The number of carboxylic acids is 1. The van der Waals surface area contributed by atoms with Gasteiger partial charge in [-0.15, -0.1) is 0 Å². The highest BCUT2D eigenvalue weighted by molar-refractivity contribution is 5.72. The Morgan fingerprint density at radius 2 is 1.00 bits per heavy atom. The average Bonchev–Trinajstić information content (AvgIpc) is 2.71. The van der Waals surface area contributed by atoms with Crippen molar-refractivity contribution in [2.24, 2.45) is 0 Å². The first-order chi connectivity index (χ1) is 14.2. The molecule has 0 rings (SSSR count). The molecule has 0 radical (unpaired) electrons. The normalized spacial score (nSPS) is 13.5. The molecule has 29 heavy (non-hydrogen) atoms. The number of carboxylic acid groups (broad SMARTS) is 1. The minimum atomic E-state index is -0.784. The van der Waals surface area contributed by atoms with Gasteiger partial charge in [0, 0.05) is 0 Å². The van der Waals surface area contributed by atoms with Gasteiger partial charge in [0.05, 0.1) is 6.10 Å². The lowest BCUT2D eigenvalue weighted by molar-refractivity contribution is -0.155. The molecule has 2 atom stereocenters. The Kier molecular flexibility index (Phi) is 21.7. The second kappa shape index (κ2) is 22.1. The molecule has 0 fully saturated rings. The third-order valence-electron chi connectivity index (χ3n) is 6.04. The summed E-state index contributed by atoms with van der Waals surface area (Å²) in [6.45, 7) is 6.56. The molecule has 0 aliphatic heterocycles. The molecule has 0 bridgehead atoms. The molecule has 174 valence electrons. The van der Waals surface area contributed by atoms with E-state index in [-0.39, 0.29) is 6.10 Å². The monoisotopic (exact) mass is 412 g/mol. The summed E-state index contributed by atoms with van der Waals surface area (Å²) in [4.78, 5) is 11.5. The van der Waals surface area contributed by atoms with Crippen molar-refractivity contribution in [3.05, 3.63) is 0 Å². The summed E-state index contributed by atoms with van der Waals surface area (Å²) < 4.78 is 5.92. The van der Waals surface area contributed by atoms with Crippen molar-refractivity contribution in [3.63, 3.8) is 0 Å². The Hall–Kier alpha value is -0.570. The van der Waals surface area contributed by atoms with Crippen LogP contribution in [0.25, 0.3) is 0 Å². The molecule has 0 aromatic carbocycles. The molecule has 0 aromatic heterocycles. The first kappa shape index (κ1) is 28.4. The second-order valence-electron chi connectivity index (χ2n) is 8.87. The van der Waals surface area contributed by atoms with Crippen LogP contribution in [0, 0.1) is 0 Å². The van der Waals surface area contributed by atoms with E-state index in [4.69, 9.17) is 4.74 Å². The van der Waals surface area contributed by atoms with Crippen LogP contribution in [0.15, 0.2) is 0 Å². The van der Waals surface area contributed by atoms with Gasteiger partial charge in [-0.1, -0.05) is 130 Å². The van der Waals surface area contributed by atoms with E-state index in [2.05, 4.69) is 20.8 Å². The lowest BCUT2D eigenvalue weighted by atomic mass is 10.0. The minimum absolute atomic E-state index is 0.106. The quantitative estimate of drug-likeness (QED) is 0.171. The predicted molar refractivity (Wildman–Crippen MR) is 126 cm³/mol. The molecule has 0 spiro atoms. The summed E-state index contributed by atoms with van der Waals surface area (Å²) in [7, 11) is 0. The molecule has 1 N–H and O–H groups in total. The van der Waals surface area contributed by atoms with Gasteiger partial charge in [0.1, 0.15) is 0 Å². The molecule has 0 saturated carbocycles. The molecule has 0 aliphatic carbocycles. The molecular formula is C26H52O3. The summed E-state index contributed by atoms with van der Waals surface area (Å²) in [5.74, 6) is -0.784. The van der Waals surface area contributed by atoms with Crippen molar-refractivity contribution in [3.8, 4) is 0 Å². The summed E-state index contributed by atoms with van der Waals surface area (Å²) in [5, 5.41) is 9.47. The van der Waals surface area contributed by atoms with Crippen LogP contribution in [0.4, 0.5) is 0 Å². The highest BCUT2D eigenvalue weighted by Gasteiger charge is 2.21. The van der Waals surface area contributed by atoms with Crippen LogP contribution in [0.3, 0.4) is 0 Å². The van der Waals surface area contributed by atoms with Gasteiger partial charge in [0.2, 0.25) is 0 Å². The fraction of sp³-hybridized carbons (Fsp3) is 0.962. The zero-order chi connectivity index (χ0) is 21.6. The summed E-state index contributed by atoms with van der Waals surface area (Å²) >= 11 is 0. The van der Waals surface area contributed by atoms with Gasteiger partial charge in [-0.3, -0.25) is 0 Å². The average molecular weight is 413 g/mol. The van der Waals surface area contributed by atoms with Crippen molar-refractivity contribution >= 4 is 5.97 Å². The number of carbonyl (C=O) groups is 1. The molecule has 0 aliphatic rings. The molecule has 2 unspecified atom stereocenters. The molecular weight excluding hydrogens is 360 g/mol. The van der Waals surface area contributed by atoms with Crippen LogP contribution in [0.1, 0.15) is 149 Å². The number of rotatable bonds is 23. The van der Waals surface area contributed by atoms with Crippen LogP contribution in [0.2, 0.25) is 0 Å². The fourth-order valence-corrected chi connectivity index (χ4v) is 4.00. The molecule has 3 heteroatoms. The van der Waals surface area contributed by atoms with E-state index in [0.717, 1.165) is 32.1 Å². The molecule has 3 nitrogen and oxygen atoms in total. The maximum atomic E-state index is 11.5. The third kappa shape index (κ3) is 19.2. The van der Waals surface area contributed by atoms with Crippen molar-refractivity contribution in [2.45, 2.75) is 161 Å². The predicted octanol–water partition coefficient (Wildman–Crippen LogP) is 8.69. The van der Waals surface area contributed by atoms with Crippen LogP contribution in [-0.4, -0.2) is 23.3 Å². The molecule has 0 heterocycles. The van der Waals surface area contributed by atoms with Crippen LogP contribution >= 0.6 is 0 Å². The molecule has 0 amide bonds. The van der Waals surface area contributed by atoms with E-state index in [1.807, 2.05) is 0 Å².